The zero-order valence-corrected chi connectivity index (χ0v) is 27.2. The standard InChI is InChI=1S/C48H34/c1-47(2)43-20-12-11-19-38(43)39-24-22-32(29-44(39)47)33-23-25-40-42-28-27-37-36-18-10-9-13-31(36)21-26-41(37)46(42)48(45(40)30-33,34-14-5-3-6-15-34)35-16-7-4-8-17-35/h3-30H,1-2H3. The van der Waals surface area contributed by atoms with Gasteiger partial charge in [-0.3, -0.25) is 0 Å². The van der Waals surface area contributed by atoms with Gasteiger partial charge in [-0.25, -0.2) is 0 Å². The lowest BCUT2D eigenvalue weighted by atomic mass is 9.66. The minimum atomic E-state index is -0.489. The van der Waals surface area contributed by atoms with E-state index in [1.165, 1.54) is 88.3 Å². The lowest BCUT2D eigenvalue weighted by Crippen LogP contribution is -2.28. The van der Waals surface area contributed by atoms with Crippen molar-refractivity contribution in [1.29, 1.82) is 0 Å². The summed E-state index contributed by atoms with van der Waals surface area (Å²) in [6.45, 7) is 4.73. The Labute approximate surface area is 282 Å². The van der Waals surface area contributed by atoms with E-state index in [1.807, 2.05) is 0 Å². The third-order valence-electron chi connectivity index (χ3n) is 11.3. The predicted molar refractivity (Wildman–Crippen MR) is 202 cm³/mol. The molecular formula is C48H34. The van der Waals surface area contributed by atoms with Crippen LogP contribution < -0.4 is 0 Å². The van der Waals surface area contributed by atoms with Gasteiger partial charge in [0.15, 0.2) is 0 Å². The fourth-order valence-corrected chi connectivity index (χ4v) is 9.15. The first kappa shape index (κ1) is 27.4. The molecule has 8 aromatic carbocycles. The second-order valence-electron chi connectivity index (χ2n) is 14.0. The molecule has 0 heterocycles. The van der Waals surface area contributed by atoms with Gasteiger partial charge in [-0.05, 0) is 100 Å². The first-order valence-electron chi connectivity index (χ1n) is 17.0. The molecule has 0 unspecified atom stereocenters. The Morgan fingerprint density at radius 1 is 0.354 bits per heavy atom. The van der Waals surface area contributed by atoms with Crippen molar-refractivity contribution < 1.29 is 0 Å². The van der Waals surface area contributed by atoms with Crippen molar-refractivity contribution in [3.63, 3.8) is 0 Å². The average Bonchev–Trinajstić information content (AvgIpc) is 3.58. The van der Waals surface area contributed by atoms with Crippen molar-refractivity contribution in [1.82, 2.24) is 0 Å². The Bertz CT molecular complexity index is 2530. The van der Waals surface area contributed by atoms with Crippen LogP contribution in [-0.2, 0) is 10.8 Å². The van der Waals surface area contributed by atoms with E-state index < -0.39 is 5.41 Å². The van der Waals surface area contributed by atoms with E-state index in [1.54, 1.807) is 0 Å². The number of rotatable bonds is 3. The topological polar surface area (TPSA) is 0 Å². The minimum absolute atomic E-state index is 0.0472. The first-order valence-corrected chi connectivity index (χ1v) is 17.0. The Morgan fingerprint density at radius 2 is 0.896 bits per heavy atom. The zero-order chi connectivity index (χ0) is 32.0. The molecule has 0 amide bonds. The van der Waals surface area contributed by atoms with Gasteiger partial charge >= 0.3 is 0 Å². The molecule has 0 heteroatoms. The summed E-state index contributed by atoms with van der Waals surface area (Å²) in [5.41, 5.74) is 15.4. The molecule has 0 nitrogen and oxygen atoms in total. The lowest BCUT2D eigenvalue weighted by molar-refractivity contribution is 0.660. The van der Waals surface area contributed by atoms with Gasteiger partial charge in [-0.2, -0.15) is 0 Å². The van der Waals surface area contributed by atoms with Crippen LogP contribution in [0.25, 0.3) is 54.9 Å². The maximum atomic E-state index is 2.50. The van der Waals surface area contributed by atoms with Crippen LogP contribution >= 0.6 is 0 Å². The van der Waals surface area contributed by atoms with Crippen LogP contribution in [0.5, 0.6) is 0 Å². The summed E-state index contributed by atoms with van der Waals surface area (Å²) >= 11 is 0. The molecule has 0 aliphatic heterocycles. The molecule has 226 valence electrons. The second kappa shape index (κ2) is 9.89. The molecule has 0 radical (unpaired) electrons. The number of hydrogen-bond donors (Lipinski definition) is 0. The van der Waals surface area contributed by atoms with Crippen LogP contribution in [0.15, 0.2) is 170 Å². The Balaban J connectivity index is 1.28. The molecule has 8 aromatic rings. The molecule has 0 aromatic heterocycles. The van der Waals surface area contributed by atoms with Gasteiger partial charge in [-0.15, -0.1) is 0 Å². The van der Waals surface area contributed by atoms with Crippen LogP contribution in [0.4, 0.5) is 0 Å². The van der Waals surface area contributed by atoms with E-state index in [2.05, 4.69) is 184 Å². The third-order valence-corrected chi connectivity index (χ3v) is 11.3. The number of hydrogen-bond acceptors (Lipinski definition) is 0. The van der Waals surface area contributed by atoms with Crippen LogP contribution in [0.2, 0.25) is 0 Å². The average molecular weight is 611 g/mol. The monoisotopic (exact) mass is 610 g/mol. The SMILES string of the molecule is CC1(C)c2ccccc2-c2ccc(-c3ccc4c(c3)C(c3ccccc3)(c3ccccc3)c3c-4ccc4c3ccc3ccccc34)cc21. The highest BCUT2D eigenvalue weighted by molar-refractivity contribution is 6.12. The van der Waals surface area contributed by atoms with Crippen molar-refractivity contribution >= 4 is 21.5 Å². The van der Waals surface area contributed by atoms with Crippen molar-refractivity contribution in [3.8, 4) is 33.4 Å². The first-order chi connectivity index (χ1) is 23.6. The summed E-state index contributed by atoms with van der Waals surface area (Å²) in [5.74, 6) is 0. The maximum Gasteiger partial charge on any atom is 0.0719 e. The minimum Gasteiger partial charge on any atom is -0.0622 e. The Morgan fingerprint density at radius 3 is 1.62 bits per heavy atom. The summed E-state index contributed by atoms with van der Waals surface area (Å²) in [5, 5.41) is 5.19. The van der Waals surface area contributed by atoms with Crippen LogP contribution in [0, 0.1) is 0 Å². The third kappa shape index (κ3) is 3.55. The molecule has 0 saturated carbocycles. The fourth-order valence-electron chi connectivity index (χ4n) is 9.15. The van der Waals surface area contributed by atoms with Gasteiger partial charge in [0.1, 0.15) is 0 Å². The fraction of sp³-hybridized carbons (Fsp3) is 0.0833. The Kier molecular flexibility index (Phi) is 5.65. The van der Waals surface area contributed by atoms with Gasteiger partial charge in [0.2, 0.25) is 0 Å². The van der Waals surface area contributed by atoms with Crippen molar-refractivity contribution in [2.24, 2.45) is 0 Å². The largest absolute Gasteiger partial charge is 0.0719 e. The molecule has 0 bridgehead atoms. The Hall–Kier alpha value is -5.72. The lowest BCUT2D eigenvalue weighted by Gasteiger charge is -2.35. The highest BCUT2D eigenvalue weighted by Crippen LogP contribution is 2.59. The van der Waals surface area contributed by atoms with E-state index in [4.69, 9.17) is 0 Å². The summed E-state index contributed by atoms with van der Waals surface area (Å²) in [6, 6.07) is 63.8. The van der Waals surface area contributed by atoms with Crippen molar-refractivity contribution in [2.45, 2.75) is 24.7 Å². The van der Waals surface area contributed by atoms with E-state index in [0.29, 0.717) is 0 Å². The summed E-state index contributed by atoms with van der Waals surface area (Å²) in [4.78, 5) is 0. The number of benzene rings is 8. The summed E-state index contributed by atoms with van der Waals surface area (Å²) in [7, 11) is 0. The van der Waals surface area contributed by atoms with E-state index in [0.717, 1.165) is 0 Å². The highest BCUT2D eigenvalue weighted by Gasteiger charge is 2.47. The normalized spacial score (nSPS) is 14.8. The quantitative estimate of drug-likeness (QED) is 0.175. The van der Waals surface area contributed by atoms with Crippen molar-refractivity contribution in [2.75, 3.05) is 0 Å². The molecule has 0 spiro atoms. The zero-order valence-electron chi connectivity index (χ0n) is 27.2. The molecule has 0 saturated heterocycles. The van der Waals surface area contributed by atoms with E-state index >= 15 is 0 Å². The second-order valence-corrected chi connectivity index (χ2v) is 14.0. The molecule has 2 aliphatic carbocycles. The van der Waals surface area contributed by atoms with Gasteiger partial charge in [0, 0.05) is 5.41 Å². The van der Waals surface area contributed by atoms with Crippen molar-refractivity contribution in [3.05, 3.63) is 203 Å². The van der Waals surface area contributed by atoms with Gasteiger partial charge in [-0.1, -0.05) is 172 Å². The molecule has 10 rings (SSSR count). The van der Waals surface area contributed by atoms with E-state index in [9.17, 15) is 0 Å². The molecular weight excluding hydrogens is 577 g/mol. The van der Waals surface area contributed by atoms with Crippen LogP contribution in [0.1, 0.15) is 47.2 Å². The van der Waals surface area contributed by atoms with Crippen LogP contribution in [0.3, 0.4) is 0 Å². The molecule has 0 fully saturated rings. The van der Waals surface area contributed by atoms with E-state index in [-0.39, 0.29) is 5.41 Å². The molecule has 2 aliphatic rings. The highest BCUT2D eigenvalue weighted by atomic mass is 14.5. The summed E-state index contributed by atoms with van der Waals surface area (Å²) in [6.07, 6.45) is 0. The smallest absolute Gasteiger partial charge is 0.0622 e. The predicted octanol–water partition coefficient (Wildman–Crippen LogP) is 12.3. The summed E-state index contributed by atoms with van der Waals surface area (Å²) < 4.78 is 0. The molecule has 0 N–H and O–H groups in total. The molecule has 0 atom stereocenters. The van der Waals surface area contributed by atoms with Gasteiger partial charge in [0.25, 0.3) is 0 Å². The van der Waals surface area contributed by atoms with Gasteiger partial charge in [0.05, 0.1) is 5.41 Å². The van der Waals surface area contributed by atoms with Crippen LogP contribution in [-0.4, -0.2) is 0 Å². The van der Waals surface area contributed by atoms with Gasteiger partial charge < -0.3 is 0 Å². The number of fused-ring (bicyclic) bond motifs is 10. The maximum absolute atomic E-state index is 2.50. The molecule has 48 heavy (non-hydrogen) atoms.